The Morgan fingerprint density at radius 3 is 2.78 bits per heavy atom. The van der Waals surface area contributed by atoms with E-state index in [1.165, 1.54) is 0 Å². The normalized spacial score (nSPS) is 17.4. The highest BCUT2D eigenvalue weighted by Crippen LogP contribution is 2.24. The first-order valence-electron chi connectivity index (χ1n) is 11.5. The highest BCUT2D eigenvalue weighted by atomic mass is 16.4. The van der Waals surface area contributed by atoms with E-state index in [4.69, 9.17) is 9.52 Å². The van der Waals surface area contributed by atoms with Gasteiger partial charge in [0.25, 0.3) is 0 Å². The Bertz CT molecular complexity index is 932. The SMILES string of the molecule is Cc1ccc(-c2cccc(C[C@H](O)/C=C/C3CCC(=O)N3CCCCCCC(=O)O)c2)o1. The Morgan fingerprint density at radius 2 is 2.03 bits per heavy atom. The van der Waals surface area contributed by atoms with Crippen LogP contribution in [0.4, 0.5) is 0 Å². The Balaban J connectivity index is 1.49. The third-order valence-electron chi connectivity index (χ3n) is 5.87. The molecular weight excluding hydrogens is 406 g/mol. The van der Waals surface area contributed by atoms with Crippen molar-refractivity contribution in [2.75, 3.05) is 6.54 Å². The molecule has 2 aromatic rings. The summed E-state index contributed by atoms with van der Waals surface area (Å²) in [5, 5.41) is 19.2. The van der Waals surface area contributed by atoms with E-state index in [9.17, 15) is 14.7 Å². The van der Waals surface area contributed by atoms with Gasteiger partial charge in [-0.15, -0.1) is 0 Å². The van der Waals surface area contributed by atoms with Crippen molar-refractivity contribution >= 4 is 11.9 Å². The number of hydrogen-bond acceptors (Lipinski definition) is 4. The summed E-state index contributed by atoms with van der Waals surface area (Å²) in [6, 6.07) is 11.9. The zero-order valence-electron chi connectivity index (χ0n) is 18.7. The largest absolute Gasteiger partial charge is 0.481 e. The van der Waals surface area contributed by atoms with Crippen LogP contribution in [0.3, 0.4) is 0 Å². The van der Waals surface area contributed by atoms with Crippen molar-refractivity contribution in [1.29, 1.82) is 0 Å². The quantitative estimate of drug-likeness (QED) is 0.368. The summed E-state index contributed by atoms with van der Waals surface area (Å²) in [7, 11) is 0. The van der Waals surface area contributed by atoms with Crippen molar-refractivity contribution in [3.8, 4) is 11.3 Å². The number of likely N-dealkylation sites (tertiary alicyclic amines) is 1. The summed E-state index contributed by atoms with van der Waals surface area (Å²) in [6.45, 7) is 2.60. The van der Waals surface area contributed by atoms with Crippen LogP contribution >= 0.6 is 0 Å². The predicted octanol–water partition coefficient (Wildman–Crippen LogP) is 4.74. The molecule has 2 atom stereocenters. The van der Waals surface area contributed by atoms with Gasteiger partial charge in [-0.3, -0.25) is 9.59 Å². The monoisotopic (exact) mass is 439 g/mol. The molecule has 6 nitrogen and oxygen atoms in total. The van der Waals surface area contributed by atoms with Crippen LogP contribution in [0.25, 0.3) is 11.3 Å². The molecule has 6 heteroatoms. The van der Waals surface area contributed by atoms with Crippen LogP contribution in [-0.2, 0) is 16.0 Å². The molecule has 1 aromatic heterocycles. The topological polar surface area (TPSA) is 91.0 Å². The van der Waals surface area contributed by atoms with Crippen LogP contribution in [-0.4, -0.2) is 45.7 Å². The molecular formula is C26H33NO5. The molecule has 3 rings (SSSR count). The number of aryl methyl sites for hydroxylation is 1. The first-order chi connectivity index (χ1) is 15.4. The lowest BCUT2D eigenvalue weighted by Crippen LogP contribution is -2.32. The maximum absolute atomic E-state index is 12.2. The van der Waals surface area contributed by atoms with Gasteiger partial charge in [0.15, 0.2) is 0 Å². The maximum Gasteiger partial charge on any atom is 0.303 e. The standard InChI is InChI=1S/C26H33NO5/c1-19-10-14-24(32-19)21-8-6-7-20(17-21)18-23(28)13-11-22-12-15-25(29)27(22)16-5-3-2-4-9-26(30)31/h6-8,10-11,13-14,17,22-23,28H,2-5,9,12,15-16,18H2,1H3,(H,30,31)/b13-11+/t22?,23-/m1/s1. The van der Waals surface area contributed by atoms with Crippen LogP contribution < -0.4 is 0 Å². The van der Waals surface area contributed by atoms with Gasteiger partial charge in [-0.05, 0) is 49.9 Å². The van der Waals surface area contributed by atoms with E-state index in [1.807, 2.05) is 54.3 Å². The predicted molar refractivity (Wildman–Crippen MR) is 123 cm³/mol. The highest BCUT2D eigenvalue weighted by molar-refractivity contribution is 5.79. The van der Waals surface area contributed by atoms with Gasteiger partial charge >= 0.3 is 5.97 Å². The van der Waals surface area contributed by atoms with Crippen molar-refractivity contribution in [3.05, 3.63) is 59.9 Å². The lowest BCUT2D eigenvalue weighted by Gasteiger charge is -2.22. The van der Waals surface area contributed by atoms with E-state index in [0.717, 1.165) is 48.3 Å². The Labute approximate surface area is 189 Å². The molecule has 0 spiro atoms. The first kappa shape index (κ1) is 23.8. The number of benzene rings is 1. The maximum atomic E-state index is 12.2. The molecule has 1 aromatic carbocycles. The molecule has 2 N–H and O–H groups in total. The van der Waals surface area contributed by atoms with Crippen LogP contribution in [0.1, 0.15) is 56.3 Å². The number of unbranched alkanes of at least 4 members (excludes halogenated alkanes) is 3. The number of furan rings is 1. The van der Waals surface area contributed by atoms with Crippen molar-refractivity contribution < 1.29 is 24.2 Å². The third-order valence-corrected chi connectivity index (χ3v) is 5.87. The average Bonchev–Trinajstić information content (AvgIpc) is 3.35. The zero-order valence-corrected chi connectivity index (χ0v) is 18.7. The van der Waals surface area contributed by atoms with Gasteiger partial charge in [0.1, 0.15) is 11.5 Å². The highest BCUT2D eigenvalue weighted by Gasteiger charge is 2.28. The molecule has 1 aliphatic heterocycles. The van der Waals surface area contributed by atoms with Gasteiger partial charge in [0, 0.05) is 31.4 Å². The number of carboxylic acids is 1. The fourth-order valence-electron chi connectivity index (χ4n) is 4.17. The molecule has 1 fully saturated rings. The van der Waals surface area contributed by atoms with E-state index >= 15 is 0 Å². The number of aliphatic carboxylic acids is 1. The van der Waals surface area contributed by atoms with E-state index in [-0.39, 0.29) is 18.4 Å². The van der Waals surface area contributed by atoms with E-state index in [2.05, 4.69) is 0 Å². The lowest BCUT2D eigenvalue weighted by molar-refractivity contribution is -0.137. The zero-order chi connectivity index (χ0) is 22.9. The van der Waals surface area contributed by atoms with Crippen molar-refractivity contribution in [2.24, 2.45) is 0 Å². The average molecular weight is 440 g/mol. The molecule has 0 bridgehead atoms. The summed E-state index contributed by atoms with van der Waals surface area (Å²) in [5.41, 5.74) is 2.01. The van der Waals surface area contributed by atoms with Gasteiger partial charge in [0.2, 0.25) is 5.91 Å². The fraction of sp³-hybridized carbons (Fsp3) is 0.462. The number of amides is 1. The molecule has 172 valence electrons. The second kappa shape index (κ2) is 11.7. The van der Waals surface area contributed by atoms with Crippen LogP contribution in [0.5, 0.6) is 0 Å². The Kier molecular flexibility index (Phi) is 8.68. The number of carboxylic acid groups (broad SMARTS) is 1. The molecule has 0 saturated carbocycles. The van der Waals surface area contributed by atoms with Crippen molar-refractivity contribution in [3.63, 3.8) is 0 Å². The van der Waals surface area contributed by atoms with E-state index < -0.39 is 12.1 Å². The molecule has 0 aliphatic carbocycles. The van der Waals surface area contributed by atoms with Crippen LogP contribution in [0.2, 0.25) is 0 Å². The number of hydrogen-bond donors (Lipinski definition) is 2. The summed E-state index contributed by atoms with van der Waals surface area (Å²) in [4.78, 5) is 24.7. The van der Waals surface area contributed by atoms with Gasteiger partial charge < -0.3 is 19.5 Å². The van der Waals surface area contributed by atoms with Gasteiger partial charge in [0.05, 0.1) is 12.1 Å². The molecule has 1 aliphatic rings. The van der Waals surface area contributed by atoms with Crippen molar-refractivity contribution in [1.82, 2.24) is 4.90 Å². The number of rotatable bonds is 12. The second-order valence-electron chi connectivity index (χ2n) is 8.52. The van der Waals surface area contributed by atoms with Gasteiger partial charge in [-0.25, -0.2) is 0 Å². The summed E-state index contributed by atoms with van der Waals surface area (Å²) in [5.74, 6) is 1.08. The summed E-state index contributed by atoms with van der Waals surface area (Å²) >= 11 is 0. The summed E-state index contributed by atoms with van der Waals surface area (Å²) in [6.07, 6.45) is 8.47. The number of nitrogens with zero attached hydrogens (tertiary/aromatic N) is 1. The fourth-order valence-corrected chi connectivity index (χ4v) is 4.17. The van der Waals surface area contributed by atoms with E-state index in [0.29, 0.717) is 25.8 Å². The Morgan fingerprint density at radius 1 is 1.22 bits per heavy atom. The summed E-state index contributed by atoms with van der Waals surface area (Å²) < 4.78 is 5.69. The van der Waals surface area contributed by atoms with Gasteiger partial charge in [-0.2, -0.15) is 0 Å². The smallest absolute Gasteiger partial charge is 0.303 e. The number of carbonyl (C=O) groups is 2. The molecule has 32 heavy (non-hydrogen) atoms. The molecule has 0 radical (unpaired) electrons. The molecule has 1 saturated heterocycles. The number of aliphatic hydroxyl groups excluding tert-OH is 1. The minimum Gasteiger partial charge on any atom is -0.481 e. The third kappa shape index (κ3) is 7.09. The second-order valence-corrected chi connectivity index (χ2v) is 8.52. The number of aliphatic hydroxyl groups is 1. The minimum absolute atomic E-state index is 0.0218. The first-order valence-corrected chi connectivity index (χ1v) is 11.5. The van der Waals surface area contributed by atoms with Crippen LogP contribution in [0.15, 0.2) is 53.0 Å². The van der Waals surface area contributed by atoms with E-state index in [1.54, 1.807) is 6.08 Å². The lowest BCUT2D eigenvalue weighted by atomic mass is 10.0. The van der Waals surface area contributed by atoms with Crippen molar-refractivity contribution in [2.45, 2.75) is 70.4 Å². The Hall–Kier alpha value is -2.86. The molecule has 2 heterocycles. The molecule has 1 amide bonds. The molecule has 1 unspecified atom stereocenters. The van der Waals surface area contributed by atoms with Crippen LogP contribution in [0, 0.1) is 6.92 Å². The number of carbonyl (C=O) groups excluding carboxylic acids is 1. The van der Waals surface area contributed by atoms with Gasteiger partial charge in [-0.1, -0.05) is 43.2 Å². The minimum atomic E-state index is -0.758.